The van der Waals surface area contributed by atoms with Crippen LogP contribution in [0.2, 0.25) is 0 Å². The summed E-state index contributed by atoms with van der Waals surface area (Å²) in [5.74, 6) is -0.209. The largest absolute Gasteiger partial charge is 0.493 e. The molecule has 1 aromatic rings. The van der Waals surface area contributed by atoms with Gasteiger partial charge in [0.1, 0.15) is 0 Å². The van der Waals surface area contributed by atoms with Crippen molar-refractivity contribution in [2.24, 2.45) is 0 Å². The average Bonchev–Trinajstić information content (AvgIpc) is 2.98. The quantitative estimate of drug-likeness (QED) is 0.643. The number of hydrogen-bond acceptors (Lipinski definition) is 7. The SMILES string of the molecule is CCOc1cc(C(=O)OCC(=O)N(C)[C@@H]2CCS(=O)(=O)C2)ccc1OC. The molecule has 0 aromatic heterocycles. The van der Waals surface area contributed by atoms with Gasteiger partial charge in [-0.15, -0.1) is 0 Å². The third-order valence-corrected chi connectivity index (χ3v) is 5.93. The molecule has 1 saturated heterocycles. The maximum atomic E-state index is 12.2. The highest BCUT2D eigenvalue weighted by Crippen LogP contribution is 2.28. The molecule has 1 fully saturated rings. The fraction of sp³-hybridized carbons (Fsp3) is 0.529. The Balaban J connectivity index is 1.95. The van der Waals surface area contributed by atoms with E-state index in [0.717, 1.165) is 0 Å². The lowest BCUT2D eigenvalue weighted by Crippen LogP contribution is -2.40. The Morgan fingerprint density at radius 2 is 2.00 bits per heavy atom. The molecule has 26 heavy (non-hydrogen) atoms. The van der Waals surface area contributed by atoms with Crippen LogP contribution in [0.1, 0.15) is 23.7 Å². The summed E-state index contributed by atoms with van der Waals surface area (Å²) >= 11 is 0. The number of esters is 1. The Bertz CT molecular complexity index is 775. The third-order valence-electron chi connectivity index (χ3n) is 4.18. The standard InChI is InChI=1S/C17H23NO7S/c1-4-24-15-9-12(5-6-14(15)23-3)17(20)25-10-16(19)18(2)13-7-8-26(21,22)11-13/h5-6,9,13H,4,7-8,10-11H2,1-3H3/t13-/m1/s1. The highest BCUT2D eigenvalue weighted by Gasteiger charge is 2.33. The first-order chi connectivity index (χ1) is 12.3. The Morgan fingerprint density at radius 3 is 2.58 bits per heavy atom. The Labute approximate surface area is 152 Å². The minimum absolute atomic E-state index is 0.0562. The van der Waals surface area contributed by atoms with Crippen LogP contribution < -0.4 is 9.47 Å². The molecule has 0 unspecified atom stereocenters. The third kappa shape index (κ3) is 4.87. The van der Waals surface area contributed by atoms with E-state index in [1.165, 1.54) is 31.2 Å². The predicted molar refractivity (Wildman–Crippen MR) is 94.3 cm³/mol. The number of amides is 1. The van der Waals surface area contributed by atoms with E-state index in [9.17, 15) is 18.0 Å². The van der Waals surface area contributed by atoms with E-state index in [4.69, 9.17) is 14.2 Å². The monoisotopic (exact) mass is 385 g/mol. The van der Waals surface area contributed by atoms with Gasteiger partial charge in [0.05, 0.1) is 30.8 Å². The Morgan fingerprint density at radius 1 is 1.27 bits per heavy atom. The molecule has 0 saturated carbocycles. The number of methoxy groups -OCH3 is 1. The number of ether oxygens (including phenoxy) is 3. The van der Waals surface area contributed by atoms with Crippen molar-refractivity contribution < 1.29 is 32.2 Å². The molecule has 1 aromatic carbocycles. The molecule has 8 nitrogen and oxygen atoms in total. The Hall–Kier alpha value is -2.29. The summed E-state index contributed by atoms with van der Waals surface area (Å²) in [6.07, 6.45) is 0.398. The second-order valence-corrected chi connectivity index (χ2v) is 8.17. The van der Waals surface area contributed by atoms with Crippen molar-refractivity contribution in [1.29, 1.82) is 0 Å². The highest BCUT2D eigenvalue weighted by molar-refractivity contribution is 7.91. The van der Waals surface area contributed by atoms with Crippen molar-refractivity contribution >= 4 is 21.7 Å². The van der Waals surface area contributed by atoms with E-state index >= 15 is 0 Å². The molecule has 2 rings (SSSR count). The molecule has 1 atom stereocenters. The summed E-state index contributed by atoms with van der Waals surface area (Å²) in [4.78, 5) is 25.7. The number of sulfone groups is 1. The van der Waals surface area contributed by atoms with E-state index in [2.05, 4.69) is 0 Å². The molecule has 1 aliphatic heterocycles. The second-order valence-electron chi connectivity index (χ2n) is 5.94. The number of likely N-dealkylation sites (N-methyl/N-ethyl adjacent to an activating group) is 1. The molecule has 9 heteroatoms. The van der Waals surface area contributed by atoms with Crippen LogP contribution in [0.15, 0.2) is 18.2 Å². The molecule has 0 radical (unpaired) electrons. The van der Waals surface area contributed by atoms with Crippen LogP contribution in [-0.4, -0.2) is 70.1 Å². The number of carbonyl (C=O) groups is 2. The smallest absolute Gasteiger partial charge is 0.338 e. The maximum absolute atomic E-state index is 12.2. The van der Waals surface area contributed by atoms with Crippen molar-refractivity contribution in [3.63, 3.8) is 0 Å². The first-order valence-electron chi connectivity index (χ1n) is 8.21. The molecule has 1 aliphatic rings. The summed E-state index contributed by atoms with van der Waals surface area (Å²) in [7, 11) is -0.0828. The van der Waals surface area contributed by atoms with Crippen LogP contribution >= 0.6 is 0 Å². The van der Waals surface area contributed by atoms with Gasteiger partial charge < -0.3 is 19.1 Å². The summed E-state index contributed by atoms with van der Waals surface area (Å²) in [6.45, 7) is 1.76. The van der Waals surface area contributed by atoms with Gasteiger partial charge in [0.25, 0.3) is 5.91 Å². The van der Waals surface area contributed by atoms with Gasteiger partial charge in [0.15, 0.2) is 27.9 Å². The number of rotatable bonds is 7. The van der Waals surface area contributed by atoms with Gasteiger partial charge in [-0.1, -0.05) is 0 Å². The van der Waals surface area contributed by atoms with Gasteiger partial charge in [-0.25, -0.2) is 13.2 Å². The van der Waals surface area contributed by atoms with E-state index in [0.29, 0.717) is 24.5 Å². The van der Waals surface area contributed by atoms with Crippen molar-refractivity contribution in [1.82, 2.24) is 4.90 Å². The van der Waals surface area contributed by atoms with Crippen LogP contribution in [0.3, 0.4) is 0 Å². The molecular weight excluding hydrogens is 362 g/mol. The van der Waals surface area contributed by atoms with Crippen LogP contribution in [0, 0.1) is 0 Å². The minimum atomic E-state index is -3.09. The van der Waals surface area contributed by atoms with E-state index in [1.807, 2.05) is 6.92 Å². The van der Waals surface area contributed by atoms with Gasteiger partial charge in [-0.2, -0.15) is 0 Å². The highest BCUT2D eigenvalue weighted by atomic mass is 32.2. The van der Waals surface area contributed by atoms with Crippen molar-refractivity contribution in [3.05, 3.63) is 23.8 Å². The minimum Gasteiger partial charge on any atom is -0.493 e. The molecule has 0 aliphatic carbocycles. The fourth-order valence-electron chi connectivity index (χ4n) is 2.67. The number of nitrogens with zero attached hydrogens (tertiary/aromatic N) is 1. The first kappa shape index (κ1) is 20.0. The van der Waals surface area contributed by atoms with Crippen LogP contribution in [0.4, 0.5) is 0 Å². The number of carbonyl (C=O) groups excluding carboxylic acids is 2. The lowest BCUT2D eigenvalue weighted by Gasteiger charge is -2.23. The molecular formula is C17H23NO7S. The van der Waals surface area contributed by atoms with Gasteiger partial charge in [0.2, 0.25) is 0 Å². The molecule has 0 spiro atoms. The van der Waals surface area contributed by atoms with Gasteiger partial charge in [-0.3, -0.25) is 4.79 Å². The summed E-state index contributed by atoms with van der Waals surface area (Å²) in [5, 5.41) is 0. The van der Waals surface area contributed by atoms with E-state index in [1.54, 1.807) is 6.07 Å². The summed E-state index contributed by atoms with van der Waals surface area (Å²) in [6, 6.07) is 4.21. The normalized spacial score (nSPS) is 18.2. The lowest BCUT2D eigenvalue weighted by atomic mass is 10.2. The lowest BCUT2D eigenvalue weighted by molar-refractivity contribution is -0.134. The zero-order valence-corrected chi connectivity index (χ0v) is 15.9. The number of hydrogen-bond donors (Lipinski definition) is 0. The van der Waals surface area contributed by atoms with Crippen LogP contribution in [-0.2, 0) is 19.4 Å². The average molecular weight is 385 g/mol. The molecule has 1 amide bonds. The molecule has 1 heterocycles. The summed E-state index contributed by atoms with van der Waals surface area (Å²) < 4.78 is 38.6. The molecule has 144 valence electrons. The van der Waals surface area contributed by atoms with Gasteiger partial charge >= 0.3 is 5.97 Å². The second kappa shape index (κ2) is 8.39. The van der Waals surface area contributed by atoms with Crippen molar-refractivity contribution in [2.45, 2.75) is 19.4 Å². The maximum Gasteiger partial charge on any atom is 0.338 e. The molecule has 0 bridgehead atoms. The van der Waals surface area contributed by atoms with Crippen LogP contribution in [0.25, 0.3) is 0 Å². The zero-order valence-electron chi connectivity index (χ0n) is 15.1. The first-order valence-corrected chi connectivity index (χ1v) is 10.0. The zero-order chi connectivity index (χ0) is 19.3. The topological polar surface area (TPSA) is 99.2 Å². The fourth-order valence-corrected chi connectivity index (χ4v) is 4.44. The summed E-state index contributed by atoms with van der Waals surface area (Å²) in [5.41, 5.74) is 0.230. The van der Waals surface area contributed by atoms with E-state index < -0.39 is 28.3 Å². The Kier molecular flexibility index (Phi) is 6.47. The van der Waals surface area contributed by atoms with Crippen molar-refractivity contribution in [3.8, 4) is 11.5 Å². The molecule has 0 N–H and O–H groups in total. The number of benzene rings is 1. The van der Waals surface area contributed by atoms with E-state index in [-0.39, 0.29) is 23.1 Å². The van der Waals surface area contributed by atoms with Crippen molar-refractivity contribution in [2.75, 3.05) is 38.9 Å². The van der Waals surface area contributed by atoms with Gasteiger partial charge in [0, 0.05) is 13.1 Å². The van der Waals surface area contributed by atoms with Crippen LogP contribution in [0.5, 0.6) is 11.5 Å². The predicted octanol–water partition coefficient (Wildman–Crippen LogP) is 0.896. The van der Waals surface area contributed by atoms with Gasteiger partial charge in [-0.05, 0) is 31.5 Å².